The summed E-state index contributed by atoms with van der Waals surface area (Å²) < 4.78 is 11.5. The van der Waals surface area contributed by atoms with Crippen molar-refractivity contribution in [2.45, 2.75) is 39.9 Å². The first-order valence-corrected chi connectivity index (χ1v) is 9.91. The molecule has 3 aromatic rings. The van der Waals surface area contributed by atoms with Crippen molar-refractivity contribution in [3.05, 3.63) is 106 Å². The largest absolute Gasteiger partial charge is 0.453 e. The molecule has 0 heterocycles. The summed E-state index contributed by atoms with van der Waals surface area (Å²) in [4.78, 5) is 23.9. The van der Waals surface area contributed by atoms with E-state index in [1.807, 2.05) is 86.6 Å². The maximum Gasteiger partial charge on any atom is 0.303 e. The molecule has 4 heteroatoms. The summed E-state index contributed by atoms with van der Waals surface area (Å²) in [5.74, 6) is -0.760. The summed E-state index contributed by atoms with van der Waals surface area (Å²) >= 11 is 0. The van der Waals surface area contributed by atoms with Crippen molar-refractivity contribution in [3.63, 3.8) is 0 Å². The third kappa shape index (κ3) is 5.15. The fourth-order valence-electron chi connectivity index (χ4n) is 3.43. The van der Waals surface area contributed by atoms with E-state index in [9.17, 15) is 9.59 Å². The molecular weight excluding hydrogens is 376 g/mol. The maximum atomic E-state index is 11.9. The van der Waals surface area contributed by atoms with E-state index in [1.165, 1.54) is 13.8 Å². The van der Waals surface area contributed by atoms with E-state index < -0.39 is 12.2 Å². The lowest BCUT2D eigenvalue weighted by molar-refractivity contribution is -0.146. The molecule has 2 unspecified atom stereocenters. The Morgan fingerprint density at radius 1 is 0.600 bits per heavy atom. The Morgan fingerprint density at radius 2 is 0.933 bits per heavy atom. The summed E-state index contributed by atoms with van der Waals surface area (Å²) in [5, 5.41) is 0. The van der Waals surface area contributed by atoms with Crippen LogP contribution in [0.5, 0.6) is 0 Å². The topological polar surface area (TPSA) is 52.6 Å². The van der Waals surface area contributed by atoms with Crippen LogP contribution in [-0.4, -0.2) is 11.9 Å². The number of hydrogen-bond donors (Lipinski definition) is 0. The molecule has 0 radical (unpaired) electrons. The van der Waals surface area contributed by atoms with Crippen molar-refractivity contribution >= 4 is 11.9 Å². The molecule has 3 aromatic carbocycles. The highest BCUT2D eigenvalue weighted by Crippen LogP contribution is 2.36. The van der Waals surface area contributed by atoms with Crippen molar-refractivity contribution < 1.29 is 19.1 Å². The van der Waals surface area contributed by atoms with Gasteiger partial charge in [0.1, 0.15) is 0 Å². The highest BCUT2D eigenvalue weighted by atomic mass is 16.5. The third-order valence-electron chi connectivity index (χ3n) is 4.89. The normalized spacial score (nSPS) is 12.7. The molecule has 0 aliphatic carbocycles. The van der Waals surface area contributed by atoms with Gasteiger partial charge in [-0.05, 0) is 25.0 Å². The zero-order valence-corrected chi connectivity index (χ0v) is 17.7. The van der Waals surface area contributed by atoms with Crippen molar-refractivity contribution in [1.29, 1.82) is 0 Å². The van der Waals surface area contributed by atoms with E-state index in [-0.39, 0.29) is 11.9 Å². The van der Waals surface area contributed by atoms with Crippen molar-refractivity contribution in [1.82, 2.24) is 0 Å². The summed E-state index contributed by atoms with van der Waals surface area (Å²) in [6.07, 6.45) is -1.22. The molecule has 0 fully saturated rings. The van der Waals surface area contributed by atoms with Gasteiger partial charge in [-0.2, -0.15) is 0 Å². The van der Waals surface area contributed by atoms with Crippen LogP contribution in [0.25, 0.3) is 0 Å². The van der Waals surface area contributed by atoms with Gasteiger partial charge in [0.15, 0.2) is 12.2 Å². The highest BCUT2D eigenvalue weighted by molar-refractivity contribution is 5.68. The molecule has 4 nitrogen and oxygen atoms in total. The average molecular weight is 402 g/mol. The third-order valence-corrected chi connectivity index (χ3v) is 4.89. The SMILES string of the molecule is CC(=O)OC(c1ccc(C)cc1)c1ccccc1C(OC(C)=O)c1ccc(C)cc1. The van der Waals surface area contributed by atoms with Crippen LogP contribution in [0.15, 0.2) is 72.8 Å². The molecule has 0 aromatic heterocycles. The molecule has 0 amide bonds. The molecule has 0 spiro atoms. The number of benzene rings is 3. The number of esters is 2. The smallest absolute Gasteiger partial charge is 0.303 e. The average Bonchev–Trinajstić information content (AvgIpc) is 2.72. The van der Waals surface area contributed by atoms with Gasteiger partial charge >= 0.3 is 11.9 Å². The molecule has 3 rings (SSSR count). The van der Waals surface area contributed by atoms with Gasteiger partial charge in [-0.25, -0.2) is 0 Å². The summed E-state index contributed by atoms with van der Waals surface area (Å²) in [6.45, 7) is 6.81. The standard InChI is InChI=1S/C26H26O4/c1-17-9-13-21(14-10-17)25(29-19(3)27)23-7-5-6-8-24(23)26(30-20(4)28)22-15-11-18(2)12-16-22/h5-16,25-26H,1-4H3. The van der Waals surface area contributed by atoms with Crippen LogP contribution < -0.4 is 0 Å². The molecule has 0 bridgehead atoms. The minimum absolute atomic E-state index is 0.380. The molecule has 30 heavy (non-hydrogen) atoms. The Morgan fingerprint density at radius 3 is 1.23 bits per heavy atom. The molecule has 0 aliphatic rings. The second-order valence-electron chi connectivity index (χ2n) is 7.43. The molecule has 0 N–H and O–H groups in total. The molecule has 154 valence electrons. The highest BCUT2D eigenvalue weighted by Gasteiger charge is 2.27. The fraction of sp³-hybridized carbons (Fsp3) is 0.231. The summed E-state index contributed by atoms with van der Waals surface area (Å²) in [7, 11) is 0. The predicted octanol–water partition coefficient (Wildman–Crippen LogP) is 5.61. The quantitative estimate of drug-likeness (QED) is 0.503. The van der Waals surface area contributed by atoms with E-state index >= 15 is 0 Å². The van der Waals surface area contributed by atoms with E-state index in [4.69, 9.17) is 9.47 Å². The van der Waals surface area contributed by atoms with Gasteiger partial charge in [-0.15, -0.1) is 0 Å². The van der Waals surface area contributed by atoms with Crippen LogP contribution in [0.1, 0.15) is 59.4 Å². The Balaban J connectivity index is 2.14. The fourth-order valence-corrected chi connectivity index (χ4v) is 3.43. The van der Waals surface area contributed by atoms with Gasteiger partial charge < -0.3 is 9.47 Å². The van der Waals surface area contributed by atoms with Crippen molar-refractivity contribution in [3.8, 4) is 0 Å². The van der Waals surface area contributed by atoms with Crippen LogP contribution in [0.2, 0.25) is 0 Å². The van der Waals surface area contributed by atoms with E-state index in [2.05, 4.69) is 0 Å². The minimum Gasteiger partial charge on any atom is -0.453 e. The van der Waals surface area contributed by atoms with Crippen molar-refractivity contribution in [2.24, 2.45) is 0 Å². The van der Waals surface area contributed by atoms with Gasteiger partial charge in [-0.1, -0.05) is 83.9 Å². The zero-order valence-electron chi connectivity index (χ0n) is 17.7. The number of carbonyl (C=O) groups is 2. The predicted molar refractivity (Wildman–Crippen MR) is 116 cm³/mol. The lowest BCUT2D eigenvalue weighted by Crippen LogP contribution is -2.17. The van der Waals surface area contributed by atoms with E-state index in [0.717, 1.165) is 33.4 Å². The first kappa shape index (κ1) is 21.3. The Hall–Kier alpha value is -3.40. The van der Waals surface area contributed by atoms with Crippen LogP contribution in [0, 0.1) is 13.8 Å². The minimum atomic E-state index is -0.609. The van der Waals surface area contributed by atoms with Crippen LogP contribution in [0.4, 0.5) is 0 Å². The number of aryl methyl sites for hydroxylation is 2. The molecule has 0 aliphatic heterocycles. The number of carbonyl (C=O) groups excluding carboxylic acids is 2. The second kappa shape index (κ2) is 9.40. The lowest BCUT2D eigenvalue weighted by Gasteiger charge is -2.25. The maximum absolute atomic E-state index is 11.9. The van der Waals surface area contributed by atoms with Crippen LogP contribution in [0.3, 0.4) is 0 Å². The molecular formula is C26H26O4. The Bertz CT molecular complexity index is 935. The first-order valence-electron chi connectivity index (χ1n) is 9.91. The Kier molecular flexibility index (Phi) is 6.68. The van der Waals surface area contributed by atoms with E-state index in [0.29, 0.717) is 0 Å². The van der Waals surface area contributed by atoms with Gasteiger partial charge in [0.25, 0.3) is 0 Å². The summed E-state index contributed by atoms with van der Waals surface area (Å²) in [5.41, 5.74) is 5.51. The monoisotopic (exact) mass is 402 g/mol. The van der Waals surface area contributed by atoms with Gasteiger partial charge in [0, 0.05) is 25.0 Å². The zero-order chi connectivity index (χ0) is 21.7. The molecule has 0 saturated carbocycles. The first-order chi connectivity index (χ1) is 14.3. The van der Waals surface area contributed by atoms with Crippen molar-refractivity contribution in [2.75, 3.05) is 0 Å². The van der Waals surface area contributed by atoms with Gasteiger partial charge in [0.05, 0.1) is 0 Å². The number of ether oxygens (including phenoxy) is 2. The van der Waals surface area contributed by atoms with Gasteiger partial charge in [-0.3, -0.25) is 9.59 Å². The molecule has 0 saturated heterocycles. The number of rotatable bonds is 6. The van der Waals surface area contributed by atoms with E-state index in [1.54, 1.807) is 0 Å². The number of hydrogen-bond acceptors (Lipinski definition) is 4. The van der Waals surface area contributed by atoms with Crippen LogP contribution >= 0.6 is 0 Å². The van der Waals surface area contributed by atoms with Gasteiger partial charge in [0.2, 0.25) is 0 Å². The Labute approximate surface area is 177 Å². The van der Waals surface area contributed by atoms with Crippen LogP contribution in [-0.2, 0) is 19.1 Å². The second-order valence-corrected chi connectivity index (χ2v) is 7.43. The summed E-state index contributed by atoms with van der Waals surface area (Å²) in [6, 6.07) is 23.3. The molecule has 2 atom stereocenters. The lowest BCUT2D eigenvalue weighted by atomic mass is 9.90.